The average molecular weight is 978 g/mol. The van der Waals surface area contributed by atoms with Crippen LogP contribution in [0.3, 0.4) is 0 Å². The van der Waals surface area contributed by atoms with Crippen LogP contribution in [0.4, 0.5) is 22.7 Å². The van der Waals surface area contributed by atoms with Gasteiger partial charge in [0, 0.05) is 95.7 Å². The molecule has 8 heterocycles. The first-order valence-electron chi connectivity index (χ1n) is 25.1. The Kier molecular flexibility index (Phi) is 9.81. The summed E-state index contributed by atoms with van der Waals surface area (Å²) in [6.07, 6.45) is 2.59. The van der Waals surface area contributed by atoms with E-state index in [-0.39, 0.29) is 5.92 Å². The fourth-order valence-electron chi connectivity index (χ4n) is 11.5. The predicted octanol–water partition coefficient (Wildman–Crippen LogP) is 11.5. The molecule has 364 valence electrons. The van der Waals surface area contributed by atoms with Gasteiger partial charge in [-0.3, -0.25) is 0 Å². The van der Waals surface area contributed by atoms with Crippen LogP contribution in [0, 0.1) is 0 Å². The minimum atomic E-state index is -0.484. The van der Waals surface area contributed by atoms with Crippen molar-refractivity contribution in [3.05, 3.63) is 169 Å². The van der Waals surface area contributed by atoms with Gasteiger partial charge in [0.1, 0.15) is 50.9 Å². The molecule has 0 spiro atoms. The van der Waals surface area contributed by atoms with E-state index in [1.54, 1.807) is 6.07 Å². The smallest absolute Gasteiger partial charge is 0.347 e. The Morgan fingerprint density at radius 3 is 1.93 bits per heavy atom. The maximum atomic E-state index is 14.1. The zero-order valence-corrected chi connectivity index (χ0v) is 40.7. The number of hydrogen-bond donors (Lipinski definition) is 3. The Bertz CT molecular complexity index is 4450. The number of nitrogens with zero attached hydrogens (tertiary/aromatic N) is 6. The normalized spacial score (nSPS) is 14.5. The number of benzene rings is 6. The van der Waals surface area contributed by atoms with Gasteiger partial charge in [0.05, 0.1) is 33.1 Å². The zero-order chi connectivity index (χ0) is 49.9. The van der Waals surface area contributed by atoms with E-state index in [1.165, 1.54) is 0 Å². The van der Waals surface area contributed by atoms with Crippen LogP contribution >= 0.6 is 0 Å². The van der Waals surface area contributed by atoms with Crippen molar-refractivity contribution in [3.63, 3.8) is 0 Å². The van der Waals surface area contributed by atoms with Gasteiger partial charge in [0.2, 0.25) is 0 Å². The van der Waals surface area contributed by atoms with Crippen molar-refractivity contribution < 1.29 is 13.3 Å². The molecule has 1 atom stereocenters. The van der Waals surface area contributed by atoms with Crippen molar-refractivity contribution in [1.29, 1.82) is 0 Å². The first-order chi connectivity index (χ1) is 36.2. The number of fused-ring (bicyclic) bond motifs is 7. The lowest BCUT2D eigenvalue weighted by atomic mass is 9.80. The third kappa shape index (κ3) is 6.94. The molecule has 15 nitrogen and oxygen atoms in total. The molecule has 6 aromatic carbocycles. The van der Waals surface area contributed by atoms with Crippen molar-refractivity contribution >= 4 is 88.8 Å². The number of nitrogens with one attached hydrogen (secondary N) is 3. The molecule has 0 amide bonds. The van der Waals surface area contributed by atoms with Gasteiger partial charge in [0.25, 0.3) is 0 Å². The SMILES string of the molecule is CCN(CC)c1ccc2cc(-c3nc4cccc(C5CCN6CCCc7c6c5cc5cc(-c6nc8cc(N(C)c9ccc%10cc(-c%11nc%12ccccc%12[nH]%11)c(=O)oc%10c9)ccc8[nH]6)c(=O)oc75)c4[nH]3)c(=O)oc2c1. The molecule has 0 saturated heterocycles. The molecule has 0 aliphatic carbocycles. The molecular formula is C59H47N9O6. The first-order valence-corrected chi connectivity index (χ1v) is 25.1. The van der Waals surface area contributed by atoms with Crippen molar-refractivity contribution in [2.75, 3.05) is 47.9 Å². The maximum absolute atomic E-state index is 14.1. The van der Waals surface area contributed by atoms with Crippen LogP contribution < -0.4 is 31.6 Å². The zero-order valence-electron chi connectivity index (χ0n) is 40.7. The summed E-state index contributed by atoms with van der Waals surface area (Å²) in [5.74, 6) is 1.32. The number of hydrogen-bond acceptors (Lipinski definition) is 12. The van der Waals surface area contributed by atoms with E-state index < -0.39 is 16.9 Å². The maximum Gasteiger partial charge on any atom is 0.347 e. The highest BCUT2D eigenvalue weighted by Gasteiger charge is 2.34. The first kappa shape index (κ1) is 43.5. The second-order valence-electron chi connectivity index (χ2n) is 19.4. The number of aromatic amines is 3. The number of rotatable bonds is 9. The van der Waals surface area contributed by atoms with Crippen LogP contribution in [0.1, 0.15) is 49.3 Å². The van der Waals surface area contributed by atoms with Gasteiger partial charge in [-0.15, -0.1) is 0 Å². The standard InChI is InChI=1S/C59H47N9O6/c1-4-67(5-2)36-18-16-32-25-42(58(70)73-50(32)30-36)56-63-47-14-8-10-38(51(47)65-56)37-21-23-68-22-9-11-39-52(68)40(37)26-33-27-43(59(71)74-53(33)39)55-62-46-20-19-34(28-48(46)64-55)66(3)35-17-15-31-24-41(57(69)72-49(31)29-35)54-60-44-12-6-7-13-45(44)61-54/h6-8,10,12-20,24-30,37H,4-5,9,11,21-23H2,1-3H3,(H,60,61)(H,62,64)(H,63,65). The van der Waals surface area contributed by atoms with Crippen molar-refractivity contribution in [2.45, 2.75) is 39.0 Å². The van der Waals surface area contributed by atoms with E-state index >= 15 is 0 Å². The van der Waals surface area contributed by atoms with Crippen molar-refractivity contribution in [2.24, 2.45) is 0 Å². The molecule has 14 rings (SSSR count). The van der Waals surface area contributed by atoms with E-state index in [4.69, 9.17) is 23.2 Å². The molecule has 0 saturated carbocycles. The molecule has 3 N–H and O–H groups in total. The monoisotopic (exact) mass is 977 g/mol. The summed E-state index contributed by atoms with van der Waals surface area (Å²) in [6.45, 7) is 7.68. The highest BCUT2D eigenvalue weighted by Crippen LogP contribution is 2.48. The summed E-state index contributed by atoms with van der Waals surface area (Å²) in [6, 6.07) is 39.2. The number of aromatic nitrogens is 6. The fraction of sp³-hybridized carbons (Fsp3) is 0.186. The third-order valence-corrected chi connectivity index (χ3v) is 15.2. The number of H-pyrrole nitrogens is 3. The largest absolute Gasteiger partial charge is 0.422 e. The Balaban J connectivity index is 0.793. The van der Waals surface area contributed by atoms with Crippen LogP contribution in [0.5, 0.6) is 0 Å². The van der Waals surface area contributed by atoms with Crippen LogP contribution in [0.2, 0.25) is 0 Å². The lowest BCUT2D eigenvalue weighted by molar-refractivity contribution is 0.547. The minimum Gasteiger partial charge on any atom is -0.422 e. The Morgan fingerprint density at radius 1 is 0.581 bits per heavy atom. The Labute approximate surface area is 420 Å². The highest BCUT2D eigenvalue weighted by atomic mass is 16.4. The topological polar surface area (TPSA) is 186 Å². The summed E-state index contributed by atoms with van der Waals surface area (Å²) >= 11 is 0. The van der Waals surface area contributed by atoms with Crippen molar-refractivity contribution in [3.8, 4) is 34.2 Å². The van der Waals surface area contributed by atoms with Gasteiger partial charge in [-0.2, -0.15) is 0 Å². The highest BCUT2D eigenvalue weighted by molar-refractivity contribution is 5.94. The summed E-state index contributed by atoms with van der Waals surface area (Å²) in [7, 11) is 1.94. The van der Waals surface area contributed by atoms with E-state index in [9.17, 15) is 14.4 Å². The second kappa shape index (κ2) is 16.7. The third-order valence-electron chi connectivity index (χ3n) is 15.2. The molecule has 74 heavy (non-hydrogen) atoms. The van der Waals surface area contributed by atoms with Gasteiger partial charge < -0.3 is 42.9 Å². The van der Waals surface area contributed by atoms with Gasteiger partial charge >= 0.3 is 16.9 Å². The van der Waals surface area contributed by atoms with E-state index in [0.29, 0.717) is 56.4 Å². The van der Waals surface area contributed by atoms with E-state index in [2.05, 4.69) is 61.8 Å². The predicted molar refractivity (Wildman–Crippen MR) is 291 cm³/mol. The molecule has 0 fully saturated rings. The average Bonchev–Trinajstić information content (AvgIpc) is 4.22. The lowest BCUT2D eigenvalue weighted by Gasteiger charge is -2.40. The lowest BCUT2D eigenvalue weighted by Crippen LogP contribution is -2.36. The van der Waals surface area contributed by atoms with Crippen LogP contribution in [0.15, 0.2) is 149 Å². The second-order valence-corrected chi connectivity index (χ2v) is 19.4. The molecule has 0 radical (unpaired) electrons. The number of para-hydroxylation sites is 3. The van der Waals surface area contributed by atoms with E-state index in [1.807, 2.05) is 109 Å². The molecule has 2 aliphatic rings. The Hall–Kier alpha value is -9.24. The molecule has 0 bridgehead atoms. The number of aryl methyl sites for hydroxylation is 1. The summed E-state index contributed by atoms with van der Waals surface area (Å²) in [5.41, 5.74) is 13.0. The van der Waals surface area contributed by atoms with Gasteiger partial charge in [-0.1, -0.05) is 24.3 Å². The molecule has 2 aliphatic heterocycles. The molecule has 6 aromatic heterocycles. The summed E-state index contributed by atoms with van der Waals surface area (Å²) < 4.78 is 18.1. The minimum absolute atomic E-state index is 0.0123. The van der Waals surface area contributed by atoms with Crippen LogP contribution in [0.25, 0.3) is 100 Å². The van der Waals surface area contributed by atoms with Gasteiger partial charge in [-0.05, 0) is 129 Å². The van der Waals surface area contributed by atoms with Gasteiger partial charge in [0.15, 0.2) is 0 Å². The van der Waals surface area contributed by atoms with Gasteiger partial charge in [-0.25, -0.2) is 29.3 Å². The van der Waals surface area contributed by atoms with Crippen LogP contribution in [-0.2, 0) is 6.42 Å². The van der Waals surface area contributed by atoms with Crippen molar-refractivity contribution in [1.82, 2.24) is 29.9 Å². The van der Waals surface area contributed by atoms with E-state index in [0.717, 1.165) is 129 Å². The summed E-state index contributed by atoms with van der Waals surface area (Å²) in [4.78, 5) is 72.3. The molecule has 15 heteroatoms. The van der Waals surface area contributed by atoms with Crippen LogP contribution in [-0.4, -0.2) is 63.1 Å². The molecular weight excluding hydrogens is 931 g/mol. The summed E-state index contributed by atoms with van der Waals surface area (Å²) in [5, 5.41) is 2.41. The molecule has 1 unspecified atom stereocenters. The Morgan fingerprint density at radius 2 is 1.19 bits per heavy atom. The quantitative estimate of drug-likeness (QED) is 0.116. The number of imidazole rings is 3. The molecule has 12 aromatic rings. The fourth-order valence-corrected chi connectivity index (χ4v) is 11.5. The number of anilines is 4.